The van der Waals surface area contributed by atoms with Crippen LogP contribution in [0.2, 0.25) is 10.0 Å². The van der Waals surface area contributed by atoms with Gasteiger partial charge < -0.3 is 5.32 Å². The molecule has 0 aliphatic rings. The van der Waals surface area contributed by atoms with Crippen molar-refractivity contribution >= 4 is 51.3 Å². The summed E-state index contributed by atoms with van der Waals surface area (Å²) in [6.45, 7) is 0.765. The fraction of sp³-hybridized carbons (Fsp3) is 0.154. The third-order valence-electron chi connectivity index (χ3n) is 2.77. The summed E-state index contributed by atoms with van der Waals surface area (Å²) in [5.41, 5.74) is 1.15. The Bertz CT molecular complexity index is 751. The summed E-state index contributed by atoms with van der Waals surface area (Å²) >= 11 is 15.2. The molecule has 0 saturated heterocycles. The second-order valence-electron chi connectivity index (χ2n) is 4.13. The van der Waals surface area contributed by atoms with Crippen molar-refractivity contribution in [3.05, 3.63) is 45.5 Å². The Balaban J connectivity index is 1.98. The number of rotatable bonds is 4. The molecule has 1 N–H and O–H groups in total. The van der Waals surface area contributed by atoms with Crippen molar-refractivity contribution in [2.45, 2.75) is 16.5 Å². The second-order valence-corrected chi connectivity index (χ2v) is 6.88. The number of benzene rings is 1. The summed E-state index contributed by atoms with van der Waals surface area (Å²) in [5.74, 6) is 0. The molecule has 104 valence electrons. The van der Waals surface area contributed by atoms with Gasteiger partial charge in [0.05, 0.1) is 15.7 Å². The first kappa shape index (κ1) is 14.2. The fourth-order valence-electron chi connectivity index (χ4n) is 1.87. The smallest absolute Gasteiger partial charge is 0.194 e. The summed E-state index contributed by atoms with van der Waals surface area (Å²) < 4.78 is 2.11. The van der Waals surface area contributed by atoms with Crippen LogP contribution in [-0.4, -0.2) is 16.4 Å². The molecule has 7 heteroatoms. The zero-order chi connectivity index (χ0) is 14.1. The van der Waals surface area contributed by atoms with Gasteiger partial charge in [0.2, 0.25) is 0 Å². The molecule has 0 spiro atoms. The van der Waals surface area contributed by atoms with Crippen molar-refractivity contribution in [1.29, 1.82) is 0 Å². The van der Waals surface area contributed by atoms with E-state index in [0.29, 0.717) is 10.0 Å². The molecular formula is C13H11Cl2N3S2. The number of fused-ring (bicyclic) bond motifs is 1. The number of nitrogens with one attached hydrogen (secondary N) is 1. The minimum absolute atomic E-state index is 0.563. The average Bonchev–Trinajstić information content (AvgIpc) is 2.98. The molecule has 3 aromatic rings. The van der Waals surface area contributed by atoms with E-state index in [9.17, 15) is 0 Å². The van der Waals surface area contributed by atoms with Crippen LogP contribution >= 0.6 is 46.3 Å². The highest BCUT2D eigenvalue weighted by atomic mass is 35.5. The summed E-state index contributed by atoms with van der Waals surface area (Å²) in [6, 6.07) is 5.63. The van der Waals surface area contributed by atoms with E-state index in [4.69, 9.17) is 23.2 Å². The van der Waals surface area contributed by atoms with E-state index in [0.717, 1.165) is 27.1 Å². The third kappa shape index (κ3) is 2.69. The third-order valence-corrected chi connectivity index (χ3v) is 5.28. The average molecular weight is 344 g/mol. The Morgan fingerprint density at radius 1 is 1.35 bits per heavy atom. The lowest BCUT2D eigenvalue weighted by Crippen LogP contribution is -2.08. The van der Waals surface area contributed by atoms with Gasteiger partial charge in [-0.1, -0.05) is 35.0 Å². The standard InChI is InChI=1S/C13H11Cl2N3S2/c1-16-7-11-12(17-13-18(11)4-5-19-13)20-8-2-3-9(14)10(15)6-8/h2-6,16H,7H2,1H3. The van der Waals surface area contributed by atoms with Crippen LogP contribution in [0.4, 0.5) is 0 Å². The number of halogens is 2. The number of nitrogens with zero attached hydrogens (tertiary/aromatic N) is 2. The van der Waals surface area contributed by atoms with Gasteiger partial charge in [-0.25, -0.2) is 4.98 Å². The van der Waals surface area contributed by atoms with Crippen molar-refractivity contribution in [2.75, 3.05) is 7.05 Å². The summed E-state index contributed by atoms with van der Waals surface area (Å²) in [6.07, 6.45) is 2.04. The van der Waals surface area contributed by atoms with Crippen molar-refractivity contribution in [1.82, 2.24) is 14.7 Å². The van der Waals surface area contributed by atoms with Crippen molar-refractivity contribution < 1.29 is 0 Å². The maximum Gasteiger partial charge on any atom is 0.194 e. The normalized spacial score (nSPS) is 11.3. The summed E-state index contributed by atoms with van der Waals surface area (Å²) in [7, 11) is 1.93. The Kier molecular flexibility index (Phi) is 4.23. The summed E-state index contributed by atoms with van der Waals surface area (Å²) in [5, 5.41) is 7.34. The number of imidazole rings is 1. The van der Waals surface area contributed by atoms with Crippen LogP contribution < -0.4 is 5.32 Å². The zero-order valence-corrected chi connectivity index (χ0v) is 13.7. The Morgan fingerprint density at radius 2 is 2.20 bits per heavy atom. The molecule has 0 saturated carbocycles. The van der Waals surface area contributed by atoms with Crippen molar-refractivity contribution in [3.63, 3.8) is 0 Å². The molecule has 3 rings (SSSR count). The fourth-order valence-corrected chi connectivity index (χ4v) is 3.98. The van der Waals surface area contributed by atoms with E-state index in [1.54, 1.807) is 23.1 Å². The van der Waals surface area contributed by atoms with Crippen LogP contribution in [-0.2, 0) is 6.54 Å². The number of aromatic nitrogens is 2. The van der Waals surface area contributed by atoms with E-state index in [-0.39, 0.29) is 0 Å². The van der Waals surface area contributed by atoms with Gasteiger partial charge in [0.15, 0.2) is 4.96 Å². The molecule has 2 aromatic heterocycles. The molecule has 2 heterocycles. The Labute approximate surface area is 134 Å². The molecule has 0 radical (unpaired) electrons. The molecule has 0 bridgehead atoms. The first-order valence-corrected chi connectivity index (χ1v) is 8.36. The molecule has 3 nitrogen and oxygen atoms in total. The van der Waals surface area contributed by atoms with Gasteiger partial charge in [0.25, 0.3) is 0 Å². The molecule has 0 aliphatic heterocycles. The van der Waals surface area contributed by atoms with Gasteiger partial charge in [-0.15, -0.1) is 11.3 Å². The lowest BCUT2D eigenvalue weighted by molar-refractivity contribution is 0.765. The Hall–Kier alpha value is -0.720. The molecule has 0 amide bonds. The number of hydrogen-bond donors (Lipinski definition) is 1. The predicted molar refractivity (Wildman–Crippen MR) is 86.4 cm³/mol. The maximum atomic E-state index is 6.06. The maximum absolute atomic E-state index is 6.06. The molecule has 0 fully saturated rings. The van der Waals surface area contributed by atoms with Crippen LogP contribution in [0.3, 0.4) is 0 Å². The van der Waals surface area contributed by atoms with Crippen LogP contribution in [0.15, 0.2) is 39.7 Å². The van der Waals surface area contributed by atoms with Crippen LogP contribution in [0.5, 0.6) is 0 Å². The first-order chi connectivity index (χ1) is 9.69. The minimum atomic E-state index is 0.563. The SMILES string of the molecule is CNCc1c(Sc2ccc(Cl)c(Cl)c2)nc2sccn12. The van der Waals surface area contributed by atoms with E-state index >= 15 is 0 Å². The van der Waals surface area contributed by atoms with Gasteiger partial charge in [-0.3, -0.25) is 4.40 Å². The molecule has 0 aliphatic carbocycles. The van der Waals surface area contributed by atoms with E-state index < -0.39 is 0 Å². The second kappa shape index (κ2) is 5.95. The molecule has 0 unspecified atom stereocenters. The highest BCUT2D eigenvalue weighted by molar-refractivity contribution is 7.99. The largest absolute Gasteiger partial charge is 0.314 e. The highest BCUT2D eigenvalue weighted by Gasteiger charge is 2.14. The first-order valence-electron chi connectivity index (χ1n) is 5.91. The highest BCUT2D eigenvalue weighted by Crippen LogP contribution is 2.34. The predicted octanol–water partition coefficient (Wildman–Crippen LogP) is 4.57. The Morgan fingerprint density at radius 3 is 2.95 bits per heavy atom. The number of thiazole rings is 1. The molecule has 1 aromatic carbocycles. The van der Waals surface area contributed by atoms with E-state index in [2.05, 4.69) is 14.7 Å². The van der Waals surface area contributed by atoms with Gasteiger partial charge >= 0.3 is 0 Å². The van der Waals surface area contributed by atoms with Gasteiger partial charge in [-0.2, -0.15) is 0 Å². The van der Waals surface area contributed by atoms with Crippen molar-refractivity contribution in [3.8, 4) is 0 Å². The topological polar surface area (TPSA) is 29.3 Å². The number of hydrogen-bond acceptors (Lipinski definition) is 4. The quantitative estimate of drug-likeness (QED) is 0.752. The lowest BCUT2D eigenvalue weighted by atomic mass is 10.4. The van der Waals surface area contributed by atoms with Crippen LogP contribution in [0.25, 0.3) is 4.96 Å². The van der Waals surface area contributed by atoms with Gasteiger partial charge in [-0.05, 0) is 25.2 Å². The van der Waals surface area contributed by atoms with Crippen LogP contribution in [0, 0.1) is 0 Å². The molecule has 20 heavy (non-hydrogen) atoms. The van der Waals surface area contributed by atoms with E-state index in [1.165, 1.54) is 0 Å². The summed E-state index contributed by atoms with van der Waals surface area (Å²) in [4.78, 5) is 6.70. The molecular weight excluding hydrogens is 333 g/mol. The van der Waals surface area contributed by atoms with E-state index in [1.807, 2.05) is 36.8 Å². The van der Waals surface area contributed by atoms with Crippen molar-refractivity contribution in [2.24, 2.45) is 0 Å². The minimum Gasteiger partial charge on any atom is -0.314 e. The lowest BCUT2D eigenvalue weighted by Gasteiger charge is -2.04. The van der Waals surface area contributed by atoms with Gasteiger partial charge in [0, 0.05) is 23.0 Å². The zero-order valence-electron chi connectivity index (χ0n) is 10.6. The van der Waals surface area contributed by atoms with Gasteiger partial charge in [0.1, 0.15) is 5.03 Å². The monoisotopic (exact) mass is 343 g/mol. The van der Waals surface area contributed by atoms with Crippen LogP contribution in [0.1, 0.15) is 5.69 Å². The molecule has 0 atom stereocenters.